The number of morpholine rings is 1. The highest BCUT2D eigenvalue weighted by molar-refractivity contribution is 8.00. The van der Waals surface area contributed by atoms with Crippen molar-refractivity contribution in [3.05, 3.63) is 48.2 Å². The van der Waals surface area contributed by atoms with Gasteiger partial charge in [-0.05, 0) is 38.1 Å². The van der Waals surface area contributed by atoms with Crippen molar-refractivity contribution >= 4 is 29.2 Å². The van der Waals surface area contributed by atoms with Crippen LogP contribution in [0.15, 0.2) is 47.5 Å². The van der Waals surface area contributed by atoms with E-state index < -0.39 is 0 Å². The minimum atomic E-state index is -0.109. The van der Waals surface area contributed by atoms with Crippen LogP contribution in [0, 0.1) is 0 Å². The number of nitrogens with one attached hydrogen (secondary N) is 1. The van der Waals surface area contributed by atoms with Gasteiger partial charge in [0, 0.05) is 23.2 Å². The summed E-state index contributed by atoms with van der Waals surface area (Å²) in [6.45, 7) is 10.0. The summed E-state index contributed by atoms with van der Waals surface area (Å²) in [5, 5.41) is 3.38. The molecule has 5 nitrogen and oxygen atoms in total. The highest BCUT2D eigenvalue weighted by Gasteiger charge is 2.23. The van der Waals surface area contributed by atoms with Crippen LogP contribution in [0.3, 0.4) is 0 Å². The SMILES string of the molecule is CC1CN(c2ccc(NC(=O)c3ccccc3SC(C)C)cn2)CC(C)O1. The van der Waals surface area contributed by atoms with Gasteiger partial charge >= 0.3 is 0 Å². The fourth-order valence-corrected chi connectivity index (χ4v) is 4.17. The molecule has 1 fully saturated rings. The van der Waals surface area contributed by atoms with Crippen LogP contribution in [-0.2, 0) is 4.74 Å². The number of thioether (sulfide) groups is 1. The summed E-state index contributed by atoms with van der Waals surface area (Å²) in [5.41, 5.74) is 1.39. The normalized spacial score (nSPS) is 20.0. The first-order valence-corrected chi connectivity index (χ1v) is 10.2. The fourth-order valence-electron chi connectivity index (χ4n) is 3.22. The Bertz CT molecular complexity index is 769. The number of benzene rings is 1. The molecule has 2 heterocycles. The lowest BCUT2D eigenvalue weighted by molar-refractivity contribution is -0.00545. The van der Waals surface area contributed by atoms with Gasteiger partial charge in [0.25, 0.3) is 5.91 Å². The zero-order valence-electron chi connectivity index (χ0n) is 16.3. The highest BCUT2D eigenvalue weighted by Crippen LogP contribution is 2.27. The molecule has 1 aromatic carbocycles. The Morgan fingerprint density at radius 2 is 1.89 bits per heavy atom. The molecule has 27 heavy (non-hydrogen) atoms. The predicted molar refractivity (Wildman–Crippen MR) is 112 cm³/mol. The number of aromatic nitrogens is 1. The van der Waals surface area contributed by atoms with Crippen molar-refractivity contribution in [3.63, 3.8) is 0 Å². The molecule has 0 spiro atoms. The fraction of sp³-hybridized carbons (Fsp3) is 0.429. The molecule has 1 saturated heterocycles. The number of pyridine rings is 1. The number of amides is 1. The molecule has 6 heteroatoms. The van der Waals surface area contributed by atoms with Crippen molar-refractivity contribution < 1.29 is 9.53 Å². The van der Waals surface area contributed by atoms with Crippen molar-refractivity contribution in [2.75, 3.05) is 23.3 Å². The number of rotatable bonds is 5. The number of carbonyl (C=O) groups excluding carboxylic acids is 1. The average molecular weight is 386 g/mol. The Kier molecular flexibility index (Phi) is 6.39. The van der Waals surface area contributed by atoms with Crippen LogP contribution in [0.2, 0.25) is 0 Å². The number of carbonyl (C=O) groups is 1. The minimum Gasteiger partial charge on any atom is -0.372 e. The summed E-state index contributed by atoms with van der Waals surface area (Å²) in [6.07, 6.45) is 2.09. The second kappa shape index (κ2) is 8.76. The third-order valence-corrected chi connectivity index (χ3v) is 5.33. The van der Waals surface area contributed by atoms with Gasteiger partial charge in [-0.15, -0.1) is 11.8 Å². The maximum absolute atomic E-state index is 12.7. The van der Waals surface area contributed by atoms with E-state index in [1.165, 1.54) is 0 Å². The maximum atomic E-state index is 12.7. The second-order valence-corrected chi connectivity index (χ2v) is 8.80. The molecule has 0 radical (unpaired) electrons. The maximum Gasteiger partial charge on any atom is 0.256 e. The number of hydrogen-bond acceptors (Lipinski definition) is 5. The summed E-state index contributed by atoms with van der Waals surface area (Å²) < 4.78 is 5.77. The van der Waals surface area contributed by atoms with E-state index in [2.05, 4.69) is 42.9 Å². The largest absolute Gasteiger partial charge is 0.372 e. The van der Waals surface area contributed by atoms with Crippen LogP contribution < -0.4 is 10.2 Å². The second-order valence-electron chi connectivity index (χ2n) is 7.18. The van der Waals surface area contributed by atoms with E-state index in [1.807, 2.05) is 36.4 Å². The molecular weight excluding hydrogens is 358 g/mol. The van der Waals surface area contributed by atoms with E-state index in [0.717, 1.165) is 23.8 Å². The molecule has 1 aliphatic rings. The molecule has 3 rings (SSSR count). The molecule has 144 valence electrons. The Morgan fingerprint density at radius 1 is 1.19 bits per heavy atom. The topological polar surface area (TPSA) is 54.5 Å². The van der Waals surface area contributed by atoms with Gasteiger partial charge in [-0.3, -0.25) is 4.79 Å². The predicted octanol–water partition coefficient (Wildman–Crippen LogP) is 4.45. The number of hydrogen-bond donors (Lipinski definition) is 1. The Morgan fingerprint density at radius 3 is 2.52 bits per heavy atom. The number of anilines is 2. The molecule has 2 aromatic rings. The van der Waals surface area contributed by atoms with Crippen LogP contribution in [0.1, 0.15) is 38.1 Å². The van der Waals surface area contributed by atoms with Gasteiger partial charge in [0.05, 0.1) is 29.7 Å². The third kappa shape index (κ3) is 5.23. The Labute approximate surface area is 165 Å². The van der Waals surface area contributed by atoms with Crippen molar-refractivity contribution in [3.8, 4) is 0 Å². The smallest absolute Gasteiger partial charge is 0.256 e. The van der Waals surface area contributed by atoms with E-state index in [-0.39, 0.29) is 18.1 Å². The van der Waals surface area contributed by atoms with E-state index in [0.29, 0.717) is 16.5 Å². The van der Waals surface area contributed by atoms with Crippen LogP contribution in [0.4, 0.5) is 11.5 Å². The molecule has 0 saturated carbocycles. The van der Waals surface area contributed by atoms with Crippen LogP contribution in [0.25, 0.3) is 0 Å². The number of ether oxygens (including phenoxy) is 1. The Balaban J connectivity index is 1.69. The molecule has 2 atom stereocenters. The Hall–Kier alpha value is -2.05. The van der Waals surface area contributed by atoms with E-state index in [9.17, 15) is 4.79 Å². The molecular formula is C21H27N3O2S. The lowest BCUT2D eigenvalue weighted by Crippen LogP contribution is -2.45. The minimum absolute atomic E-state index is 0.109. The van der Waals surface area contributed by atoms with Gasteiger partial charge < -0.3 is 15.0 Å². The third-order valence-electron chi connectivity index (χ3n) is 4.24. The van der Waals surface area contributed by atoms with Gasteiger partial charge in [-0.25, -0.2) is 4.98 Å². The molecule has 1 aromatic heterocycles. The molecule has 2 unspecified atom stereocenters. The van der Waals surface area contributed by atoms with E-state index in [1.54, 1.807) is 18.0 Å². The summed E-state index contributed by atoms with van der Waals surface area (Å²) >= 11 is 1.69. The molecule has 0 bridgehead atoms. The van der Waals surface area contributed by atoms with Crippen molar-refractivity contribution in [2.24, 2.45) is 0 Å². The summed E-state index contributed by atoms with van der Waals surface area (Å²) in [6, 6.07) is 11.6. The van der Waals surface area contributed by atoms with E-state index in [4.69, 9.17) is 4.74 Å². The highest BCUT2D eigenvalue weighted by atomic mass is 32.2. The van der Waals surface area contributed by atoms with Gasteiger partial charge in [0.1, 0.15) is 5.82 Å². The summed E-state index contributed by atoms with van der Waals surface area (Å²) in [4.78, 5) is 20.5. The molecule has 1 N–H and O–H groups in total. The van der Waals surface area contributed by atoms with E-state index >= 15 is 0 Å². The average Bonchev–Trinajstić information content (AvgIpc) is 2.61. The van der Waals surface area contributed by atoms with Crippen molar-refractivity contribution in [1.29, 1.82) is 0 Å². The van der Waals surface area contributed by atoms with Crippen LogP contribution in [-0.4, -0.2) is 41.4 Å². The van der Waals surface area contributed by atoms with Gasteiger partial charge in [0.2, 0.25) is 0 Å². The quantitative estimate of drug-likeness (QED) is 0.771. The van der Waals surface area contributed by atoms with Gasteiger partial charge in [-0.1, -0.05) is 26.0 Å². The van der Waals surface area contributed by atoms with Crippen molar-refractivity contribution in [1.82, 2.24) is 4.98 Å². The van der Waals surface area contributed by atoms with Gasteiger partial charge in [0.15, 0.2) is 0 Å². The first kappa shape index (κ1) is 19.7. The van der Waals surface area contributed by atoms with Crippen molar-refractivity contribution in [2.45, 2.75) is 50.0 Å². The van der Waals surface area contributed by atoms with Crippen LogP contribution in [0.5, 0.6) is 0 Å². The first-order chi connectivity index (χ1) is 12.9. The molecule has 1 amide bonds. The monoisotopic (exact) mass is 385 g/mol. The first-order valence-electron chi connectivity index (χ1n) is 9.36. The van der Waals surface area contributed by atoms with Gasteiger partial charge in [-0.2, -0.15) is 0 Å². The zero-order chi connectivity index (χ0) is 19.4. The molecule has 1 aliphatic heterocycles. The summed E-state index contributed by atoms with van der Waals surface area (Å²) in [5.74, 6) is 0.799. The number of nitrogens with zero attached hydrogens (tertiary/aromatic N) is 2. The lowest BCUT2D eigenvalue weighted by atomic mass is 10.2. The van der Waals surface area contributed by atoms with Crippen LogP contribution >= 0.6 is 11.8 Å². The lowest BCUT2D eigenvalue weighted by Gasteiger charge is -2.36. The standard InChI is InChI=1S/C21H27N3O2S/c1-14(2)27-19-8-6-5-7-18(19)21(25)23-17-9-10-20(22-11-17)24-12-15(3)26-16(4)13-24/h5-11,14-16H,12-13H2,1-4H3,(H,23,25). The zero-order valence-corrected chi connectivity index (χ0v) is 17.1. The summed E-state index contributed by atoms with van der Waals surface area (Å²) in [7, 11) is 0. The molecule has 0 aliphatic carbocycles.